The van der Waals surface area contributed by atoms with Gasteiger partial charge in [0.1, 0.15) is 5.82 Å². The predicted octanol–water partition coefficient (Wildman–Crippen LogP) is 2.90. The van der Waals surface area contributed by atoms with Gasteiger partial charge in [-0.25, -0.2) is 0 Å². The lowest BCUT2D eigenvalue weighted by Gasteiger charge is -2.25. The molecule has 146 valence electrons. The maximum absolute atomic E-state index is 5.96. The number of benzene rings is 1. The number of nitrogens with zero attached hydrogens (tertiary/aromatic N) is 3. The Morgan fingerprint density at radius 1 is 1.23 bits per heavy atom. The largest absolute Gasteiger partial charge is 0.378 e. The molecule has 0 spiro atoms. The summed E-state index contributed by atoms with van der Waals surface area (Å²) in [6.07, 6.45) is 0.886. The highest BCUT2D eigenvalue weighted by Gasteiger charge is 2.20. The average molecular weight is 424 g/mol. The van der Waals surface area contributed by atoms with Crippen LogP contribution in [-0.4, -0.2) is 55.1 Å². The summed E-state index contributed by atoms with van der Waals surface area (Å²) in [6.45, 7) is 3.96. The van der Waals surface area contributed by atoms with Crippen molar-refractivity contribution in [3.63, 3.8) is 0 Å². The standard InChI is InChI=1S/C16H23ClN6O.2ClH/c1-18-7-6-14(19-13-4-2-12(17)3-5-13)15-20-16(22-21-15)23-8-10-24-11-9-23;;/h2-5,14,18-19H,6-11H2,1H3,(H,20,21,22);2*1H. The number of hydrogen-bond acceptors (Lipinski definition) is 6. The minimum atomic E-state index is 0. The Kier molecular flexibility index (Phi) is 10.0. The van der Waals surface area contributed by atoms with Crippen LogP contribution in [0.5, 0.6) is 0 Å². The van der Waals surface area contributed by atoms with Gasteiger partial charge in [0.2, 0.25) is 5.95 Å². The van der Waals surface area contributed by atoms with E-state index in [0.717, 1.165) is 61.8 Å². The quantitative estimate of drug-likeness (QED) is 0.635. The molecule has 1 fully saturated rings. The summed E-state index contributed by atoms with van der Waals surface area (Å²) >= 11 is 5.96. The summed E-state index contributed by atoms with van der Waals surface area (Å²) in [7, 11) is 1.94. The van der Waals surface area contributed by atoms with Crippen LogP contribution in [0.4, 0.5) is 11.6 Å². The minimum absolute atomic E-state index is 0. The third-order valence-electron chi connectivity index (χ3n) is 3.98. The predicted molar refractivity (Wildman–Crippen MR) is 110 cm³/mol. The van der Waals surface area contributed by atoms with E-state index in [1.54, 1.807) is 0 Å². The van der Waals surface area contributed by atoms with Crippen molar-refractivity contribution < 1.29 is 4.74 Å². The van der Waals surface area contributed by atoms with Crippen molar-refractivity contribution in [3.05, 3.63) is 35.1 Å². The van der Waals surface area contributed by atoms with Crippen LogP contribution in [0.1, 0.15) is 18.3 Å². The topological polar surface area (TPSA) is 78.1 Å². The molecule has 0 saturated carbocycles. The summed E-state index contributed by atoms with van der Waals surface area (Å²) in [5.41, 5.74) is 1.00. The Hall–Kier alpha value is -1.25. The number of hydrogen-bond donors (Lipinski definition) is 3. The van der Waals surface area contributed by atoms with Gasteiger partial charge in [0, 0.05) is 23.8 Å². The number of nitrogens with one attached hydrogen (secondary N) is 3. The molecule has 3 rings (SSSR count). The monoisotopic (exact) mass is 422 g/mol. The zero-order chi connectivity index (χ0) is 16.8. The van der Waals surface area contributed by atoms with Gasteiger partial charge in [-0.1, -0.05) is 11.6 Å². The molecule has 26 heavy (non-hydrogen) atoms. The van der Waals surface area contributed by atoms with Gasteiger partial charge in [0.15, 0.2) is 0 Å². The first kappa shape index (κ1) is 22.8. The van der Waals surface area contributed by atoms with Crippen LogP contribution < -0.4 is 15.5 Å². The van der Waals surface area contributed by atoms with Crippen molar-refractivity contribution in [2.24, 2.45) is 0 Å². The smallest absolute Gasteiger partial charge is 0.244 e. The van der Waals surface area contributed by atoms with Crippen molar-refractivity contribution in [2.75, 3.05) is 50.1 Å². The molecule has 1 atom stereocenters. The number of H-pyrrole nitrogens is 1. The van der Waals surface area contributed by atoms with Crippen LogP contribution in [0, 0.1) is 0 Å². The molecule has 0 bridgehead atoms. The van der Waals surface area contributed by atoms with Gasteiger partial charge in [-0.05, 0) is 44.3 Å². The second-order valence-electron chi connectivity index (χ2n) is 5.72. The normalized spacial score (nSPS) is 14.9. The summed E-state index contributed by atoms with van der Waals surface area (Å²) in [5.74, 6) is 1.57. The van der Waals surface area contributed by atoms with Gasteiger partial charge >= 0.3 is 0 Å². The molecule has 1 unspecified atom stereocenters. The zero-order valence-electron chi connectivity index (χ0n) is 14.6. The Labute approximate surface area is 171 Å². The van der Waals surface area contributed by atoms with Crippen LogP contribution in [0.25, 0.3) is 0 Å². The lowest BCUT2D eigenvalue weighted by molar-refractivity contribution is 0.122. The number of rotatable bonds is 7. The Bertz CT molecular complexity index is 633. The van der Waals surface area contributed by atoms with E-state index in [1.165, 1.54) is 0 Å². The number of aromatic nitrogens is 3. The van der Waals surface area contributed by atoms with E-state index >= 15 is 0 Å². The highest BCUT2D eigenvalue weighted by molar-refractivity contribution is 6.30. The molecule has 2 aromatic rings. The van der Waals surface area contributed by atoms with Crippen LogP contribution >= 0.6 is 36.4 Å². The van der Waals surface area contributed by atoms with Gasteiger partial charge in [-0.2, -0.15) is 4.98 Å². The van der Waals surface area contributed by atoms with Crippen LogP contribution in [0.3, 0.4) is 0 Å². The molecule has 0 amide bonds. The van der Waals surface area contributed by atoms with Gasteiger partial charge in [-0.15, -0.1) is 29.9 Å². The van der Waals surface area contributed by atoms with Gasteiger partial charge in [0.05, 0.1) is 19.3 Å². The lowest BCUT2D eigenvalue weighted by atomic mass is 10.1. The van der Waals surface area contributed by atoms with E-state index in [1.807, 2.05) is 31.3 Å². The molecule has 1 aliphatic rings. The van der Waals surface area contributed by atoms with E-state index in [2.05, 4.69) is 30.7 Å². The van der Waals surface area contributed by atoms with E-state index in [-0.39, 0.29) is 30.9 Å². The van der Waals surface area contributed by atoms with Crippen molar-refractivity contribution >= 4 is 48.1 Å². The number of anilines is 2. The Morgan fingerprint density at radius 2 is 1.92 bits per heavy atom. The zero-order valence-corrected chi connectivity index (χ0v) is 17.0. The number of ether oxygens (including phenoxy) is 1. The summed E-state index contributed by atoms with van der Waals surface area (Å²) < 4.78 is 5.38. The molecule has 2 heterocycles. The molecule has 7 nitrogen and oxygen atoms in total. The molecular formula is C16H25Cl3N6O. The van der Waals surface area contributed by atoms with Crippen molar-refractivity contribution in [1.82, 2.24) is 20.5 Å². The van der Waals surface area contributed by atoms with Gasteiger partial charge < -0.3 is 20.3 Å². The lowest BCUT2D eigenvalue weighted by Crippen LogP contribution is -2.36. The van der Waals surface area contributed by atoms with E-state index in [0.29, 0.717) is 0 Å². The van der Waals surface area contributed by atoms with E-state index < -0.39 is 0 Å². The van der Waals surface area contributed by atoms with Crippen LogP contribution in [0.15, 0.2) is 24.3 Å². The second kappa shape index (κ2) is 11.5. The van der Waals surface area contributed by atoms with Gasteiger partial charge in [0.25, 0.3) is 0 Å². The second-order valence-corrected chi connectivity index (χ2v) is 6.15. The number of halogens is 3. The van der Waals surface area contributed by atoms with E-state index in [4.69, 9.17) is 16.3 Å². The SMILES string of the molecule is CNCCC(Nc1ccc(Cl)cc1)c1nc(N2CCOCC2)n[nH]1.Cl.Cl. The highest BCUT2D eigenvalue weighted by atomic mass is 35.5. The number of aromatic amines is 1. The van der Waals surface area contributed by atoms with E-state index in [9.17, 15) is 0 Å². The third-order valence-corrected chi connectivity index (χ3v) is 4.24. The Balaban J connectivity index is 0.00000169. The maximum atomic E-state index is 5.96. The third kappa shape index (κ3) is 6.17. The minimum Gasteiger partial charge on any atom is -0.378 e. The molecule has 1 saturated heterocycles. The van der Waals surface area contributed by atoms with Crippen LogP contribution in [0.2, 0.25) is 5.02 Å². The fraction of sp³-hybridized carbons (Fsp3) is 0.500. The summed E-state index contributed by atoms with van der Waals surface area (Å²) in [5, 5.41) is 14.9. The molecule has 0 radical (unpaired) electrons. The Morgan fingerprint density at radius 3 is 2.58 bits per heavy atom. The molecule has 3 N–H and O–H groups in total. The molecule has 1 aromatic heterocycles. The average Bonchev–Trinajstić information content (AvgIpc) is 3.11. The first-order valence-corrected chi connectivity index (χ1v) is 8.56. The molecule has 10 heteroatoms. The highest BCUT2D eigenvalue weighted by Crippen LogP contribution is 2.23. The fourth-order valence-corrected chi connectivity index (χ4v) is 2.76. The first-order chi connectivity index (χ1) is 11.8. The maximum Gasteiger partial charge on any atom is 0.244 e. The molecular weight excluding hydrogens is 399 g/mol. The van der Waals surface area contributed by atoms with Crippen molar-refractivity contribution in [3.8, 4) is 0 Å². The fourth-order valence-electron chi connectivity index (χ4n) is 2.64. The first-order valence-electron chi connectivity index (χ1n) is 8.18. The molecule has 0 aliphatic carbocycles. The molecule has 1 aliphatic heterocycles. The summed E-state index contributed by atoms with van der Waals surface area (Å²) in [6, 6.07) is 7.72. The van der Waals surface area contributed by atoms with Gasteiger partial charge in [-0.3, -0.25) is 5.10 Å². The molecule has 1 aromatic carbocycles. The summed E-state index contributed by atoms with van der Waals surface area (Å²) in [4.78, 5) is 6.83. The van der Waals surface area contributed by atoms with Crippen molar-refractivity contribution in [1.29, 1.82) is 0 Å². The van der Waals surface area contributed by atoms with Crippen molar-refractivity contribution in [2.45, 2.75) is 12.5 Å². The number of morpholine rings is 1. The van der Waals surface area contributed by atoms with Crippen LogP contribution in [-0.2, 0) is 4.74 Å².